The van der Waals surface area contributed by atoms with Gasteiger partial charge in [0.2, 0.25) is 0 Å². The predicted molar refractivity (Wildman–Crippen MR) is 77.5 cm³/mol. The molecule has 0 heterocycles. The quantitative estimate of drug-likeness (QED) is 0.526. The highest BCUT2D eigenvalue weighted by atomic mass is 35.5. The Morgan fingerprint density at radius 2 is 1.89 bits per heavy atom. The maximum atomic E-state index is 12.4. The predicted octanol–water partition coefficient (Wildman–Crippen LogP) is 3.88. The average Bonchev–Trinajstić information content (AvgIpc) is 2.38. The number of nitrogen functional groups attached to an aromatic ring is 1. The lowest BCUT2D eigenvalue weighted by Crippen LogP contribution is -2.04. The van der Waals surface area contributed by atoms with Gasteiger partial charge >= 0.3 is 0 Å². The van der Waals surface area contributed by atoms with E-state index in [1.807, 2.05) is 24.5 Å². The molecule has 0 aliphatic carbocycles. The summed E-state index contributed by atoms with van der Waals surface area (Å²) >= 11 is 7.60. The molecule has 0 aromatic heterocycles. The summed E-state index contributed by atoms with van der Waals surface area (Å²) in [6.07, 6.45) is 1.94. The molecule has 0 spiro atoms. The molecule has 0 saturated heterocycles. The van der Waals surface area contributed by atoms with Crippen molar-refractivity contribution in [2.24, 2.45) is 0 Å². The fourth-order valence-electron chi connectivity index (χ4n) is 1.69. The molecule has 0 radical (unpaired) electrons. The van der Waals surface area contributed by atoms with Gasteiger partial charge in [-0.25, -0.2) is 0 Å². The Balaban J connectivity index is 2.48. The van der Waals surface area contributed by atoms with E-state index in [9.17, 15) is 4.79 Å². The monoisotopic (exact) mass is 277 g/mol. The standard InChI is InChI=1S/C14H12ClNOS/c1-18-13-5-3-2-4-11(13)14(17)10-7-6-9(16)8-12(10)15/h2-8H,16H2,1H3. The Morgan fingerprint density at radius 3 is 2.56 bits per heavy atom. The van der Waals surface area contributed by atoms with Crippen molar-refractivity contribution in [3.63, 3.8) is 0 Å². The highest BCUT2D eigenvalue weighted by Gasteiger charge is 2.15. The first-order valence-corrected chi connectivity index (χ1v) is 6.96. The minimum absolute atomic E-state index is 0.0787. The van der Waals surface area contributed by atoms with Crippen LogP contribution in [-0.4, -0.2) is 12.0 Å². The number of hydrogen-bond acceptors (Lipinski definition) is 3. The van der Waals surface area contributed by atoms with E-state index < -0.39 is 0 Å². The van der Waals surface area contributed by atoms with Crippen molar-refractivity contribution in [2.75, 3.05) is 12.0 Å². The highest BCUT2D eigenvalue weighted by molar-refractivity contribution is 7.98. The summed E-state index contributed by atoms with van der Waals surface area (Å²) < 4.78 is 0. The molecular formula is C14H12ClNOS. The van der Waals surface area contributed by atoms with E-state index >= 15 is 0 Å². The number of carbonyl (C=O) groups is 1. The molecule has 0 fully saturated rings. The summed E-state index contributed by atoms with van der Waals surface area (Å²) in [6.45, 7) is 0. The van der Waals surface area contributed by atoms with E-state index in [4.69, 9.17) is 17.3 Å². The smallest absolute Gasteiger partial charge is 0.195 e. The van der Waals surface area contributed by atoms with Crippen LogP contribution < -0.4 is 5.73 Å². The van der Waals surface area contributed by atoms with E-state index in [2.05, 4.69) is 0 Å². The summed E-state index contributed by atoms with van der Waals surface area (Å²) in [4.78, 5) is 13.4. The van der Waals surface area contributed by atoms with Crippen LogP contribution in [0.1, 0.15) is 15.9 Å². The van der Waals surface area contributed by atoms with Gasteiger partial charge in [0.15, 0.2) is 5.78 Å². The van der Waals surface area contributed by atoms with Crippen LogP contribution in [0.15, 0.2) is 47.4 Å². The fourth-order valence-corrected chi connectivity index (χ4v) is 2.56. The van der Waals surface area contributed by atoms with Gasteiger partial charge in [-0.2, -0.15) is 0 Å². The third-order valence-electron chi connectivity index (χ3n) is 2.59. The summed E-state index contributed by atoms with van der Waals surface area (Å²) in [5, 5.41) is 0.385. The van der Waals surface area contributed by atoms with Gasteiger partial charge in [0.25, 0.3) is 0 Å². The zero-order chi connectivity index (χ0) is 13.1. The number of halogens is 1. The number of ketones is 1. The van der Waals surface area contributed by atoms with Crippen LogP contribution in [0.2, 0.25) is 5.02 Å². The van der Waals surface area contributed by atoms with Crippen LogP contribution in [0.4, 0.5) is 5.69 Å². The van der Waals surface area contributed by atoms with Crippen molar-refractivity contribution in [1.29, 1.82) is 0 Å². The maximum Gasteiger partial charge on any atom is 0.195 e. The zero-order valence-electron chi connectivity index (χ0n) is 9.81. The van der Waals surface area contributed by atoms with Crippen molar-refractivity contribution < 1.29 is 4.79 Å². The second-order valence-electron chi connectivity index (χ2n) is 3.77. The van der Waals surface area contributed by atoms with E-state index in [1.54, 1.807) is 24.3 Å². The second-order valence-corrected chi connectivity index (χ2v) is 5.02. The maximum absolute atomic E-state index is 12.4. The van der Waals surface area contributed by atoms with Gasteiger partial charge in [0.1, 0.15) is 0 Å². The minimum Gasteiger partial charge on any atom is -0.399 e. The van der Waals surface area contributed by atoms with E-state index in [-0.39, 0.29) is 5.78 Å². The molecule has 2 aromatic carbocycles. The fraction of sp³-hybridized carbons (Fsp3) is 0.0714. The number of carbonyl (C=O) groups excluding carboxylic acids is 1. The molecular weight excluding hydrogens is 266 g/mol. The van der Waals surface area contributed by atoms with E-state index in [1.165, 1.54) is 11.8 Å². The van der Waals surface area contributed by atoms with Gasteiger partial charge in [-0.05, 0) is 36.6 Å². The lowest BCUT2D eigenvalue weighted by molar-refractivity contribution is 0.103. The Morgan fingerprint density at radius 1 is 1.17 bits per heavy atom. The second kappa shape index (κ2) is 5.46. The Kier molecular flexibility index (Phi) is 3.94. The molecule has 0 unspecified atom stereocenters. The van der Waals surface area contributed by atoms with E-state index in [0.29, 0.717) is 21.8 Å². The summed E-state index contributed by atoms with van der Waals surface area (Å²) in [7, 11) is 0. The molecule has 92 valence electrons. The van der Waals surface area contributed by atoms with Crippen LogP contribution in [-0.2, 0) is 0 Å². The Labute approximate surface area is 115 Å². The first kappa shape index (κ1) is 13.0. The number of rotatable bonds is 3. The number of benzene rings is 2. The van der Waals surface area contributed by atoms with Crippen LogP contribution in [0, 0.1) is 0 Å². The number of anilines is 1. The number of hydrogen-bond donors (Lipinski definition) is 1. The zero-order valence-corrected chi connectivity index (χ0v) is 11.4. The van der Waals surface area contributed by atoms with Gasteiger partial charge in [0, 0.05) is 21.7 Å². The normalized spacial score (nSPS) is 10.3. The molecule has 0 bridgehead atoms. The molecule has 0 atom stereocenters. The van der Waals surface area contributed by atoms with Gasteiger partial charge in [-0.3, -0.25) is 4.79 Å². The first-order chi connectivity index (χ1) is 8.63. The molecule has 2 N–H and O–H groups in total. The number of nitrogens with two attached hydrogens (primary N) is 1. The van der Waals surface area contributed by atoms with Crippen LogP contribution in [0.5, 0.6) is 0 Å². The third-order valence-corrected chi connectivity index (χ3v) is 3.70. The SMILES string of the molecule is CSc1ccccc1C(=O)c1ccc(N)cc1Cl. The molecule has 0 aliphatic rings. The van der Waals surface area contributed by atoms with Gasteiger partial charge in [-0.1, -0.05) is 23.7 Å². The van der Waals surface area contributed by atoms with Crippen molar-refractivity contribution in [3.05, 3.63) is 58.6 Å². The van der Waals surface area contributed by atoms with Crippen molar-refractivity contribution in [1.82, 2.24) is 0 Å². The molecule has 2 aromatic rings. The number of thioether (sulfide) groups is 1. The lowest BCUT2D eigenvalue weighted by atomic mass is 10.0. The summed E-state index contributed by atoms with van der Waals surface area (Å²) in [6, 6.07) is 12.4. The third kappa shape index (κ3) is 2.52. The summed E-state index contributed by atoms with van der Waals surface area (Å²) in [5.74, 6) is -0.0787. The van der Waals surface area contributed by atoms with Gasteiger partial charge in [0.05, 0.1) is 5.02 Å². The highest BCUT2D eigenvalue weighted by Crippen LogP contribution is 2.26. The first-order valence-electron chi connectivity index (χ1n) is 5.36. The molecule has 0 saturated carbocycles. The van der Waals surface area contributed by atoms with Crippen molar-refractivity contribution in [3.8, 4) is 0 Å². The summed E-state index contributed by atoms with van der Waals surface area (Å²) in [5.41, 5.74) is 7.32. The topological polar surface area (TPSA) is 43.1 Å². The van der Waals surface area contributed by atoms with E-state index in [0.717, 1.165) is 4.90 Å². The minimum atomic E-state index is -0.0787. The molecule has 2 rings (SSSR count). The van der Waals surface area contributed by atoms with Crippen molar-refractivity contribution >= 4 is 34.8 Å². The van der Waals surface area contributed by atoms with Crippen LogP contribution in [0.25, 0.3) is 0 Å². The van der Waals surface area contributed by atoms with Crippen molar-refractivity contribution in [2.45, 2.75) is 4.90 Å². The van der Waals surface area contributed by atoms with Crippen LogP contribution in [0.3, 0.4) is 0 Å². The Hall–Kier alpha value is -1.45. The molecule has 18 heavy (non-hydrogen) atoms. The lowest BCUT2D eigenvalue weighted by Gasteiger charge is -2.08. The molecule has 2 nitrogen and oxygen atoms in total. The average molecular weight is 278 g/mol. The van der Waals surface area contributed by atoms with Gasteiger partial charge < -0.3 is 5.73 Å². The molecule has 0 aliphatic heterocycles. The molecule has 4 heteroatoms. The van der Waals surface area contributed by atoms with Crippen LogP contribution >= 0.6 is 23.4 Å². The van der Waals surface area contributed by atoms with Gasteiger partial charge in [-0.15, -0.1) is 11.8 Å². The molecule has 0 amide bonds. The largest absolute Gasteiger partial charge is 0.399 e. The Bertz CT molecular complexity index is 598.